The smallest absolute Gasteiger partial charge is 0.185 e. The van der Waals surface area contributed by atoms with Gasteiger partial charge in [-0.25, -0.2) is 0 Å². The molecule has 0 bridgehead atoms. The number of carbonyl (C=O) groups is 1. The van der Waals surface area contributed by atoms with E-state index in [2.05, 4.69) is 15.9 Å². The Morgan fingerprint density at radius 2 is 1.48 bits per heavy atom. The fourth-order valence-electron chi connectivity index (χ4n) is 2.35. The largest absolute Gasteiger partial charge is 0.289 e. The van der Waals surface area contributed by atoms with Gasteiger partial charge in [0.15, 0.2) is 5.78 Å². The number of carbonyl (C=O) groups excluding carboxylic acids is 1. The second-order valence-corrected chi connectivity index (χ2v) is 6.12. The van der Waals surface area contributed by atoms with Gasteiger partial charge in [-0.3, -0.25) is 4.79 Å². The molecule has 0 spiro atoms. The maximum atomic E-state index is 12.3. The number of rotatable bonds is 4. The summed E-state index contributed by atoms with van der Waals surface area (Å²) in [7, 11) is 0. The van der Waals surface area contributed by atoms with Crippen LogP contribution in [0.4, 0.5) is 0 Å². The number of benzene rings is 3. The lowest BCUT2D eigenvalue weighted by Crippen LogP contribution is -1.93. The predicted octanol–water partition coefficient (Wildman–Crippen LogP) is 6.01. The minimum atomic E-state index is -0.00540. The molecule has 0 aromatic heterocycles. The van der Waals surface area contributed by atoms with Crippen LogP contribution in [0.25, 0.3) is 16.8 Å². The Morgan fingerprint density at radius 3 is 2.26 bits per heavy atom. The first-order valence-electron chi connectivity index (χ1n) is 7.36. The van der Waals surface area contributed by atoms with Crippen molar-refractivity contribution in [2.24, 2.45) is 0 Å². The van der Waals surface area contributed by atoms with Crippen molar-refractivity contribution in [1.29, 1.82) is 0 Å². The van der Waals surface area contributed by atoms with Crippen LogP contribution in [0.5, 0.6) is 0 Å². The van der Waals surface area contributed by atoms with E-state index in [-0.39, 0.29) is 5.78 Å². The second-order valence-electron chi connectivity index (χ2n) is 5.20. The van der Waals surface area contributed by atoms with Gasteiger partial charge >= 0.3 is 0 Å². The first kappa shape index (κ1) is 15.4. The van der Waals surface area contributed by atoms with Gasteiger partial charge in [0.2, 0.25) is 0 Å². The summed E-state index contributed by atoms with van der Waals surface area (Å²) in [6.45, 7) is 0. The van der Waals surface area contributed by atoms with E-state index in [1.165, 1.54) is 0 Å². The lowest BCUT2D eigenvalue weighted by Gasteiger charge is -2.00. The van der Waals surface area contributed by atoms with Gasteiger partial charge in [-0.2, -0.15) is 0 Å². The molecular formula is C21H15BrO. The Balaban J connectivity index is 1.78. The van der Waals surface area contributed by atoms with Gasteiger partial charge in [-0.1, -0.05) is 82.7 Å². The summed E-state index contributed by atoms with van der Waals surface area (Å²) in [4.78, 5) is 12.3. The molecule has 0 aliphatic heterocycles. The Morgan fingerprint density at radius 1 is 0.783 bits per heavy atom. The van der Waals surface area contributed by atoms with Crippen molar-refractivity contribution in [2.45, 2.75) is 0 Å². The van der Waals surface area contributed by atoms with Gasteiger partial charge in [0.25, 0.3) is 0 Å². The average molecular weight is 363 g/mol. The Bertz CT molecular complexity index is 892. The zero-order valence-electron chi connectivity index (χ0n) is 12.4. The van der Waals surface area contributed by atoms with Crippen LogP contribution >= 0.6 is 15.9 Å². The van der Waals surface area contributed by atoms with E-state index in [4.69, 9.17) is 0 Å². The molecule has 23 heavy (non-hydrogen) atoms. The van der Waals surface area contributed by atoms with Crippen LogP contribution in [-0.2, 0) is 0 Å². The van der Waals surface area contributed by atoms with Gasteiger partial charge < -0.3 is 0 Å². The molecule has 0 saturated carbocycles. The fraction of sp³-hybridized carbons (Fsp3) is 0. The minimum Gasteiger partial charge on any atom is -0.289 e. The summed E-state index contributed by atoms with van der Waals surface area (Å²) in [5, 5.41) is 2.21. The van der Waals surface area contributed by atoms with Gasteiger partial charge in [0.1, 0.15) is 0 Å². The molecule has 1 nitrogen and oxygen atoms in total. The number of fused-ring (bicyclic) bond motifs is 1. The van der Waals surface area contributed by atoms with Crippen LogP contribution in [0, 0.1) is 0 Å². The molecule has 0 atom stereocenters. The summed E-state index contributed by atoms with van der Waals surface area (Å²) in [6, 6.07) is 23.8. The Labute approximate surface area is 144 Å². The minimum absolute atomic E-state index is 0.00540. The van der Waals surface area contributed by atoms with Crippen molar-refractivity contribution in [3.05, 3.63) is 101 Å². The molecule has 3 rings (SSSR count). The number of hydrogen-bond donors (Lipinski definition) is 0. The molecule has 0 fully saturated rings. The monoisotopic (exact) mass is 362 g/mol. The van der Waals surface area contributed by atoms with Crippen LogP contribution in [0.3, 0.4) is 0 Å². The third-order valence-electron chi connectivity index (χ3n) is 3.53. The lowest BCUT2D eigenvalue weighted by atomic mass is 10.0. The first-order chi connectivity index (χ1) is 11.2. The number of allylic oxidation sites excluding steroid dienone is 3. The quantitative estimate of drug-likeness (QED) is 0.315. The maximum absolute atomic E-state index is 12.3. The highest BCUT2D eigenvalue weighted by Crippen LogP contribution is 2.17. The number of halogens is 1. The van der Waals surface area contributed by atoms with Crippen LogP contribution in [0.15, 0.2) is 89.4 Å². The highest BCUT2D eigenvalue weighted by atomic mass is 79.9. The number of ketones is 1. The van der Waals surface area contributed by atoms with E-state index in [1.54, 1.807) is 12.2 Å². The second kappa shape index (κ2) is 7.21. The molecule has 0 aliphatic carbocycles. The molecule has 0 heterocycles. The molecule has 0 radical (unpaired) electrons. The normalized spacial score (nSPS) is 12.0. The molecule has 0 aliphatic rings. The summed E-state index contributed by atoms with van der Waals surface area (Å²) in [5.74, 6) is -0.00540. The predicted molar refractivity (Wildman–Crippen MR) is 101 cm³/mol. The van der Waals surface area contributed by atoms with Gasteiger partial charge in [0.05, 0.1) is 0 Å². The van der Waals surface area contributed by atoms with Crippen LogP contribution in [0.2, 0.25) is 0 Å². The molecule has 0 unspecified atom stereocenters. The first-order valence-corrected chi connectivity index (χ1v) is 8.15. The van der Waals surface area contributed by atoms with Crippen molar-refractivity contribution < 1.29 is 4.79 Å². The molecule has 0 saturated heterocycles. The summed E-state index contributed by atoms with van der Waals surface area (Å²) < 4.78 is 0.859. The van der Waals surface area contributed by atoms with Gasteiger partial charge in [-0.15, -0.1) is 0 Å². The molecule has 0 amide bonds. The molecule has 3 aromatic rings. The molecule has 2 heteroatoms. The average Bonchev–Trinajstić information content (AvgIpc) is 2.60. The van der Waals surface area contributed by atoms with Crippen molar-refractivity contribution in [2.75, 3.05) is 0 Å². The summed E-state index contributed by atoms with van der Waals surface area (Å²) in [6.07, 6.45) is 5.35. The van der Waals surface area contributed by atoms with Gasteiger partial charge in [-0.05, 0) is 40.6 Å². The number of hydrogen-bond acceptors (Lipinski definition) is 1. The van der Waals surface area contributed by atoms with E-state index in [0.29, 0.717) is 5.56 Å². The third kappa shape index (κ3) is 4.05. The molecular weight excluding hydrogens is 348 g/mol. The van der Waals surface area contributed by atoms with Crippen LogP contribution in [0.1, 0.15) is 15.9 Å². The van der Waals surface area contributed by atoms with Crippen molar-refractivity contribution in [3.63, 3.8) is 0 Å². The van der Waals surface area contributed by atoms with Crippen molar-refractivity contribution in [1.82, 2.24) is 0 Å². The zero-order chi connectivity index (χ0) is 16.1. The van der Waals surface area contributed by atoms with Crippen molar-refractivity contribution in [3.8, 4) is 0 Å². The van der Waals surface area contributed by atoms with E-state index < -0.39 is 0 Å². The van der Waals surface area contributed by atoms with Crippen molar-refractivity contribution >= 4 is 38.6 Å². The zero-order valence-corrected chi connectivity index (χ0v) is 14.0. The van der Waals surface area contributed by atoms with E-state index in [0.717, 1.165) is 20.8 Å². The Kier molecular flexibility index (Phi) is 4.84. The molecule has 0 N–H and O–H groups in total. The topological polar surface area (TPSA) is 17.1 Å². The van der Waals surface area contributed by atoms with E-state index in [1.807, 2.05) is 78.9 Å². The molecule has 3 aromatic carbocycles. The fourth-order valence-corrected chi connectivity index (χ4v) is 2.75. The third-order valence-corrected chi connectivity index (χ3v) is 4.03. The summed E-state index contributed by atoms with van der Waals surface area (Å²) in [5.41, 5.74) is 1.78. The van der Waals surface area contributed by atoms with Gasteiger partial charge in [0, 0.05) is 10.0 Å². The van der Waals surface area contributed by atoms with E-state index in [9.17, 15) is 4.79 Å². The lowest BCUT2D eigenvalue weighted by molar-refractivity contribution is 0.104. The maximum Gasteiger partial charge on any atom is 0.185 e. The van der Waals surface area contributed by atoms with E-state index >= 15 is 0 Å². The van der Waals surface area contributed by atoms with Crippen LogP contribution < -0.4 is 0 Å². The van der Waals surface area contributed by atoms with Crippen LogP contribution in [-0.4, -0.2) is 5.78 Å². The highest BCUT2D eigenvalue weighted by Gasteiger charge is 2.03. The standard InChI is InChI=1S/C21H15BrO/c22-20(14-16-6-2-1-3-7-16)12-13-21(23)19-11-10-17-8-4-5-9-18(17)15-19/h1-15H. The Hall–Kier alpha value is -2.45. The summed E-state index contributed by atoms with van der Waals surface area (Å²) >= 11 is 3.48. The molecule has 112 valence electrons. The highest BCUT2D eigenvalue weighted by molar-refractivity contribution is 9.12. The SMILES string of the molecule is O=C(C=CC(Br)=Cc1ccccc1)c1ccc2ccccc2c1.